The van der Waals surface area contributed by atoms with Gasteiger partial charge in [0.05, 0.1) is 5.92 Å². The van der Waals surface area contributed by atoms with Crippen LogP contribution in [-0.4, -0.2) is 41.6 Å². The molecular formula is C16H20ClNO4. The summed E-state index contributed by atoms with van der Waals surface area (Å²) >= 11 is 6.01. The van der Waals surface area contributed by atoms with Crippen molar-refractivity contribution in [3.05, 3.63) is 28.8 Å². The maximum Gasteiger partial charge on any atom is 0.306 e. The van der Waals surface area contributed by atoms with Gasteiger partial charge < -0.3 is 14.7 Å². The van der Waals surface area contributed by atoms with Gasteiger partial charge in [0.25, 0.3) is 5.91 Å². The average molecular weight is 326 g/mol. The van der Waals surface area contributed by atoms with E-state index in [4.69, 9.17) is 21.4 Å². The third-order valence-corrected chi connectivity index (χ3v) is 4.55. The number of ether oxygens (including phenoxy) is 1. The minimum Gasteiger partial charge on any atom is -0.483 e. The number of nitrogens with zero attached hydrogens (tertiary/aromatic N) is 1. The van der Waals surface area contributed by atoms with Crippen molar-refractivity contribution in [3.63, 3.8) is 0 Å². The van der Waals surface area contributed by atoms with Crippen LogP contribution < -0.4 is 4.74 Å². The van der Waals surface area contributed by atoms with E-state index < -0.39 is 5.97 Å². The van der Waals surface area contributed by atoms with Crippen molar-refractivity contribution in [2.24, 2.45) is 11.8 Å². The molecule has 1 N–H and O–H groups in total. The van der Waals surface area contributed by atoms with Crippen LogP contribution in [0.25, 0.3) is 0 Å². The second-order valence-corrected chi connectivity index (χ2v) is 6.11. The van der Waals surface area contributed by atoms with Crippen molar-refractivity contribution in [3.8, 4) is 5.75 Å². The zero-order chi connectivity index (χ0) is 16.3. The number of rotatable bonds is 4. The molecule has 5 nitrogen and oxygen atoms in total. The number of hydrogen-bond acceptors (Lipinski definition) is 3. The van der Waals surface area contributed by atoms with Crippen LogP contribution in [0.4, 0.5) is 0 Å². The molecular weight excluding hydrogens is 306 g/mol. The van der Waals surface area contributed by atoms with E-state index in [0.717, 1.165) is 5.56 Å². The highest BCUT2D eigenvalue weighted by molar-refractivity contribution is 6.31. The van der Waals surface area contributed by atoms with Crippen LogP contribution in [0.5, 0.6) is 5.75 Å². The van der Waals surface area contributed by atoms with Gasteiger partial charge in [0, 0.05) is 23.7 Å². The van der Waals surface area contributed by atoms with E-state index in [0.29, 0.717) is 30.3 Å². The summed E-state index contributed by atoms with van der Waals surface area (Å²) in [6, 6.07) is 5.31. The van der Waals surface area contributed by atoms with Gasteiger partial charge in [-0.25, -0.2) is 0 Å². The number of hydrogen-bond donors (Lipinski definition) is 1. The largest absolute Gasteiger partial charge is 0.483 e. The van der Waals surface area contributed by atoms with Gasteiger partial charge in [0.1, 0.15) is 5.75 Å². The fourth-order valence-electron chi connectivity index (χ4n) is 2.71. The Labute approximate surface area is 134 Å². The fraction of sp³-hybridized carbons (Fsp3) is 0.500. The molecule has 0 spiro atoms. The second-order valence-electron chi connectivity index (χ2n) is 5.70. The summed E-state index contributed by atoms with van der Waals surface area (Å²) in [6.45, 7) is 4.54. The highest BCUT2D eigenvalue weighted by Crippen LogP contribution is 2.26. The lowest BCUT2D eigenvalue weighted by Crippen LogP contribution is -2.46. The smallest absolute Gasteiger partial charge is 0.306 e. The van der Waals surface area contributed by atoms with Crippen LogP contribution in [0.2, 0.25) is 5.02 Å². The summed E-state index contributed by atoms with van der Waals surface area (Å²) in [7, 11) is 0. The maximum atomic E-state index is 12.2. The lowest BCUT2D eigenvalue weighted by molar-refractivity contribution is -0.148. The van der Waals surface area contributed by atoms with E-state index >= 15 is 0 Å². The lowest BCUT2D eigenvalue weighted by Gasteiger charge is -2.34. The normalized spacial score (nSPS) is 21.5. The van der Waals surface area contributed by atoms with Crippen molar-refractivity contribution in [1.29, 1.82) is 0 Å². The summed E-state index contributed by atoms with van der Waals surface area (Å²) in [5, 5.41) is 9.70. The van der Waals surface area contributed by atoms with Gasteiger partial charge in [0.2, 0.25) is 0 Å². The minimum atomic E-state index is -0.787. The Morgan fingerprint density at radius 1 is 1.45 bits per heavy atom. The number of carboxylic acids is 1. The molecule has 1 saturated heterocycles. The average Bonchev–Trinajstić information content (AvgIpc) is 2.48. The molecule has 1 aliphatic heterocycles. The van der Waals surface area contributed by atoms with Gasteiger partial charge in [0.15, 0.2) is 6.61 Å². The number of halogens is 1. The Morgan fingerprint density at radius 2 is 2.18 bits per heavy atom. The summed E-state index contributed by atoms with van der Waals surface area (Å²) in [5.41, 5.74) is 0.801. The molecule has 0 saturated carbocycles. The second kappa shape index (κ2) is 7.01. The zero-order valence-corrected chi connectivity index (χ0v) is 13.5. The van der Waals surface area contributed by atoms with Crippen molar-refractivity contribution in [1.82, 2.24) is 4.90 Å². The monoisotopic (exact) mass is 325 g/mol. The molecule has 0 bridgehead atoms. The number of aliphatic carboxylic acids is 1. The molecule has 0 aliphatic carbocycles. The molecule has 1 aromatic rings. The molecule has 0 radical (unpaired) electrons. The van der Waals surface area contributed by atoms with Crippen LogP contribution in [0.1, 0.15) is 18.9 Å². The quantitative estimate of drug-likeness (QED) is 0.924. The Morgan fingerprint density at radius 3 is 2.82 bits per heavy atom. The van der Waals surface area contributed by atoms with E-state index in [2.05, 4.69) is 0 Å². The number of likely N-dealkylation sites (tertiary alicyclic amines) is 1. The number of carbonyl (C=O) groups is 2. The van der Waals surface area contributed by atoms with Crippen LogP contribution in [0, 0.1) is 18.8 Å². The molecule has 1 heterocycles. The first-order valence-electron chi connectivity index (χ1n) is 7.28. The number of carbonyl (C=O) groups excluding carboxylic acids is 1. The summed E-state index contributed by atoms with van der Waals surface area (Å²) in [4.78, 5) is 25.0. The van der Waals surface area contributed by atoms with Gasteiger partial charge in [-0.1, -0.05) is 24.6 Å². The number of carboxylic acid groups (broad SMARTS) is 1. The summed E-state index contributed by atoms with van der Waals surface area (Å²) < 4.78 is 5.55. The number of amides is 1. The number of piperidine rings is 1. The Bertz CT molecular complexity index is 575. The molecule has 120 valence electrons. The van der Waals surface area contributed by atoms with Crippen LogP contribution in [0.3, 0.4) is 0 Å². The van der Waals surface area contributed by atoms with Crippen LogP contribution in [0.15, 0.2) is 18.2 Å². The molecule has 1 aromatic carbocycles. The molecule has 1 fully saturated rings. The van der Waals surface area contributed by atoms with Crippen LogP contribution in [-0.2, 0) is 9.59 Å². The molecule has 2 atom stereocenters. The van der Waals surface area contributed by atoms with Crippen molar-refractivity contribution >= 4 is 23.5 Å². The van der Waals surface area contributed by atoms with Gasteiger partial charge in [-0.3, -0.25) is 9.59 Å². The van der Waals surface area contributed by atoms with Crippen molar-refractivity contribution in [2.45, 2.75) is 20.3 Å². The van der Waals surface area contributed by atoms with E-state index in [1.807, 2.05) is 13.8 Å². The molecule has 1 aliphatic rings. The SMILES string of the molecule is Cc1c(Cl)cccc1OCC(=O)N1CCC(C(=O)O)C(C)C1. The Kier molecular flexibility index (Phi) is 5.29. The predicted octanol–water partition coefficient (Wildman–Crippen LogP) is 2.60. The molecule has 0 aromatic heterocycles. The summed E-state index contributed by atoms with van der Waals surface area (Å²) in [6.07, 6.45) is 0.485. The predicted molar refractivity (Wildman–Crippen MR) is 83.2 cm³/mol. The molecule has 1 amide bonds. The maximum absolute atomic E-state index is 12.2. The van der Waals surface area contributed by atoms with Crippen molar-refractivity contribution in [2.75, 3.05) is 19.7 Å². The van der Waals surface area contributed by atoms with E-state index in [1.54, 1.807) is 23.1 Å². The topological polar surface area (TPSA) is 66.8 Å². The highest BCUT2D eigenvalue weighted by atomic mass is 35.5. The Balaban J connectivity index is 1.91. The fourth-order valence-corrected chi connectivity index (χ4v) is 2.88. The zero-order valence-electron chi connectivity index (χ0n) is 12.7. The third kappa shape index (κ3) is 3.71. The van der Waals surface area contributed by atoms with Gasteiger partial charge in [-0.15, -0.1) is 0 Å². The first kappa shape index (κ1) is 16.6. The van der Waals surface area contributed by atoms with Gasteiger partial charge >= 0.3 is 5.97 Å². The molecule has 22 heavy (non-hydrogen) atoms. The molecule has 2 unspecified atom stereocenters. The Hall–Kier alpha value is -1.75. The number of benzene rings is 1. The van der Waals surface area contributed by atoms with E-state index in [-0.39, 0.29) is 24.3 Å². The first-order valence-corrected chi connectivity index (χ1v) is 7.66. The van der Waals surface area contributed by atoms with Crippen LogP contribution >= 0.6 is 11.6 Å². The molecule has 2 rings (SSSR count). The van der Waals surface area contributed by atoms with E-state index in [1.165, 1.54) is 0 Å². The van der Waals surface area contributed by atoms with E-state index in [9.17, 15) is 9.59 Å². The van der Waals surface area contributed by atoms with Crippen molar-refractivity contribution < 1.29 is 19.4 Å². The minimum absolute atomic E-state index is 0.0527. The standard InChI is InChI=1S/C16H20ClNO4/c1-10-8-18(7-6-12(10)16(20)21)15(19)9-22-14-5-3-4-13(17)11(14)2/h3-5,10,12H,6-9H2,1-2H3,(H,20,21). The van der Waals surface area contributed by atoms with Gasteiger partial charge in [-0.2, -0.15) is 0 Å². The third-order valence-electron chi connectivity index (χ3n) is 4.14. The van der Waals surface area contributed by atoms with Gasteiger partial charge in [-0.05, 0) is 31.4 Å². The lowest BCUT2D eigenvalue weighted by atomic mass is 9.87. The molecule has 6 heteroatoms. The first-order chi connectivity index (χ1) is 10.4. The highest BCUT2D eigenvalue weighted by Gasteiger charge is 2.33. The summed E-state index contributed by atoms with van der Waals surface area (Å²) in [5.74, 6) is -0.752.